The maximum Gasteiger partial charge on any atom is 0.530 e. The first-order valence-corrected chi connectivity index (χ1v) is 11.0. The van der Waals surface area contributed by atoms with Gasteiger partial charge in [0.2, 0.25) is 0 Å². The van der Waals surface area contributed by atoms with Crippen LogP contribution >= 0.6 is 16.4 Å². The summed E-state index contributed by atoms with van der Waals surface area (Å²) in [7, 11) is -3.04. The van der Waals surface area contributed by atoms with E-state index in [1.807, 2.05) is 91.0 Å². The van der Waals surface area contributed by atoms with E-state index in [4.69, 9.17) is 18.5 Å². The summed E-state index contributed by atoms with van der Waals surface area (Å²) in [4.78, 5) is 8.24. The van der Waals surface area contributed by atoms with Crippen LogP contribution < -0.4 is 13.6 Å². The lowest BCUT2D eigenvalue weighted by molar-refractivity contribution is 0.204. The molecule has 3 aromatic carbocycles. The molecule has 9 heteroatoms. The van der Waals surface area contributed by atoms with E-state index < -0.39 is 16.4 Å². The molecule has 3 rings (SSSR count). The first-order chi connectivity index (χ1) is 14.0. The van der Waals surface area contributed by atoms with Gasteiger partial charge in [-0.1, -0.05) is 54.6 Å². The molecule has 29 heavy (non-hydrogen) atoms. The summed E-state index contributed by atoms with van der Waals surface area (Å²) in [6.07, 6.45) is 0. The molecule has 0 radical (unpaired) electrons. The zero-order valence-corrected chi connectivity index (χ0v) is 17.7. The van der Waals surface area contributed by atoms with Crippen molar-refractivity contribution in [3.05, 3.63) is 91.0 Å². The molecule has 154 valence electrons. The maximum atomic E-state index is 10.1. The Kier molecular flexibility index (Phi) is 9.65. The maximum absolute atomic E-state index is 10.1. The SMILES string of the molecule is COP(=O)(O)OC.c1ccc(OP(Oc2ccccc2)Oc2ccccc2)cc1. The average Bonchev–Trinajstić information content (AvgIpc) is 2.76. The Hall–Kier alpha value is -2.40. The summed E-state index contributed by atoms with van der Waals surface area (Å²) < 4.78 is 35.5. The highest BCUT2D eigenvalue weighted by Crippen LogP contribution is 2.42. The minimum Gasteiger partial charge on any atom is -0.409 e. The van der Waals surface area contributed by atoms with Gasteiger partial charge in [0.05, 0.1) is 0 Å². The van der Waals surface area contributed by atoms with E-state index in [2.05, 4.69) is 9.05 Å². The number of hydrogen-bond donors (Lipinski definition) is 1. The van der Waals surface area contributed by atoms with Crippen LogP contribution in [0.4, 0.5) is 0 Å². The molecule has 0 saturated carbocycles. The van der Waals surface area contributed by atoms with Gasteiger partial charge < -0.3 is 18.5 Å². The summed E-state index contributed by atoms with van der Waals surface area (Å²) in [6, 6.07) is 28.5. The number of benzene rings is 3. The van der Waals surface area contributed by atoms with E-state index in [0.717, 1.165) is 14.2 Å². The largest absolute Gasteiger partial charge is 0.530 e. The minimum absolute atomic E-state index is 0.709. The fraction of sp³-hybridized carbons (Fsp3) is 0.100. The molecule has 7 nitrogen and oxygen atoms in total. The summed E-state index contributed by atoms with van der Waals surface area (Å²) in [5.41, 5.74) is 0. The monoisotopic (exact) mass is 436 g/mol. The highest BCUT2D eigenvalue weighted by Gasteiger charge is 2.19. The van der Waals surface area contributed by atoms with E-state index >= 15 is 0 Å². The van der Waals surface area contributed by atoms with Crippen molar-refractivity contribution < 1.29 is 32.1 Å². The van der Waals surface area contributed by atoms with Crippen LogP contribution in [0.25, 0.3) is 0 Å². The molecule has 3 aromatic rings. The molecule has 0 bridgehead atoms. The number of phosphoric acid groups is 1. The van der Waals surface area contributed by atoms with Gasteiger partial charge in [0.1, 0.15) is 17.2 Å². The Morgan fingerprint density at radius 3 is 1.10 bits per heavy atom. The van der Waals surface area contributed by atoms with E-state index in [1.165, 1.54) is 0 Å². The summed E-state index contributed by atoms with van der Waals surface area (Å²) in [6.45, 7) is 0. The van der Waals surface area contributed by atoms with Crippen LogP contribution in [0, 0.1) is 0 Å². The summed E-state index contributed by atoms with van der Waals surface area (Å²) in [5.74, 6) is 2.13. The standard InChI is InChI=1S/C18H15O3P.C2H7O4P/c1-4-10-16(11-5-1)19-22(20-17-12-6-2-7-13-17)21-18-14-8-3-9-15-18;1-5-7(3,4)6-2/h1-15H;1-2H3,(H,3,4). The Bertz CT molecular complexity index is 757. The van der Waals surface area contributed by atoms with Crippen molar-refractivity contribution in [3.8, 4) is 17.2 Å². The Morgan fingerprint density at radius 2 is 0.897 bits per heavy atom. The summed E-state index contributed by atoms with van der Waals surface area (Å²) in [5, 5.41) is 0. The molecule has 0 heterocycles. The highest BCUT2D eigenvalue weighted by molar-refractivity contribution is 7.47. The molecule has 0 saturated heterocycles. The number of para-hydroxylation sites is 3. The lowest BCUT2D eigenvalue weighted by atomic mass is 10.3. The minimum atomic E-state index is -3.65. The van der Waals surface area contributed by atoms with Gasteiger partial charge in [-0.05, 0) is 36.4 Å². The second-order valence-electron chi connectivity index (χ2n) is 5.27. The second-order valence-corrected chi connectivity index (χ2v) is 7.93. The van der Waals surface area contributed by atoms with Gasteiger partial charge in [0.15, 0.2) is 0 Å². The van der Waals surface area contributed by atoms with Gasteiger partial charge in [-0.2, -0.15) is 0 Å². The first-order valence-electron chi connectivity index (χ1n) is 8.46. The lowest BCUT2D eigenvalue weighted by Gasteiger charge is -2.17. The van der Waals surface area contributed by atoms with E-state index in [9.17, 15) is 4.57 Å². The zero-order valence-electron chi connectivity index (χ0n) is 16.0. The normalized spacial score (nSPS) is 10.6. The van der Waals surface area contributed by atoms with Crippen LogP contribution in [-0.2, 0) is 13.6 Å². The molecule has 0 aliphatic rings. The van der Waals surface area contributed by atoms with Crippen molar-refractivity contribution in [3.63, 3.8) is 0 Å². The van der Waals surface area contributed by atoms with Crippen LogP contribution in [0.15, 0.2) is 91.0 Å². The van der Waals surface area contributed by atoms with Crippen molar-refractivity contribution in [1.82, 2.24) is 0 Å². The molecule has 0 atom stereocenters. The molecule has 0 aromatic heterocycles. The Balaban J connectivity index is 0.000000370. The third-order valence-corrected chi connectivity index (χ3v) is 5.23. The predicted molar refractivity (Wildman–Crippen MR) is 112 cm³/mol. The highest BCUT2D eigenvalue weighted by atomic mass is 31.2. The fourth-order valence-electron chi connectivity index (χ4n) is 1.83. The van der Waals surface area contributed by atoms with Crippen molar-refractivity contribution >= 4 is 16.4 Å². The van der Waals surface area contributed by atoms with Crippen molar-refractivity contribution in [2.45, 2.75) is 0 Å². The number of phosphoric ester groups is 1. The van der Waals surface area contributed by atoms with E-state index in [-0.39, 0.29) is 0 Å². The van der Waals surface area contributed by atoms with Gasteiger partial charge in [0, 0.05) is 14.2 Å². The molecular formula is C20H22O7P2. The van der Waals surface area contributed by atoms with Crippen molar-refractivity contribution in [2.75, 3.05) is 14.2 Å². The molecule has 0 amide bonds. The predicted octanol–water partition coefficient (Wildman–Crippen LogP) is 5.83. The van der Waals surface area contributed by atoms with Crippen molar-refractivity contribution in [1.29, 1.82) is 0 Å². The molecule has 0 unspecified atom stereocenters. The Morgan fingerprint density at radius 1 is 0.621 bits per heavy atom. The molecule has 0 aliphatic heterocycles. The quantitative estimate of drug-likeness (QED) is 0.445. The van der Waals surface area contributed by atoms with Crippen LogP contribution in [0.3, 0.4) is 0 Å². The third-order valence-electron chi connectivity index (χ3n) is 3.23. The fourth-order valence-corrected chi connectivity index (χ4v) is 2.98. The van der Waals surface area contributed by atoms with Gasteiger partial charge >= 0.3 is 16.4 Å². The number of hydrogen-bond acceptors (Lipinski definition) is 6. The number of rotatable bonds is 8. The van der Waals surface area contributed by atoms with E-state index in [0.29, 0.717) is 17.2 Å². The van der Waals surface area contributed by atoms with Gasteiger partial charge in [0.25, 0.3) is 0 Å². The third kappa shape index (κ3) is 9.09. The van der Waals surface area contributed by atoms with Gasteiger partial charge in [-0.3, -0.25) is 9.05 Å². The molecular weight excluding hydrogens is 414 g/mol. The Labute approximate surface area is 171 Å². The lowest BCUT2D eigenvalue weighted by Crippen LogP contribution is -2.02. The molecule has 0 fully saturated rings. The molecule has 0 spiro atoms. The zero-order chi connectivity index (χ0) is 21.0. The smallest absolute Gasteiger partial charge is 0.409 e. The van der Waals surface area contributed by atoms with Crippen molar-refractivity contribution in [2.24, 2.45) is 0 Å². The molecule has 0 aliphatic carbocycles. The van der Waals surface area contributed by atoms with Gasteiger partial charge in [-0.25, -0.2) is 4.57 Å². The van der Waals surface area contributed by atoms with Crippen LogP contribution in [-0.4, -0.2) is 19.1 Å². The summed E-state index contributed by atoms with van der Waals surface area (Å²) >= 11 is 0. The molecule has 1 N–H and O–H groups in total. The van der Waals surface area contributed by atoms with Crippen LogP contribution in [0.1, 0.15) is 0 Å². The topological polar surface area (TPSA) is 83.5 Å². The second kappa shape index (κ2) is 12.2. The van der Waals surface area contributed by atoms with Crippen LogP contribution in [0.5, 0.6) is 17.2 Å². The van der Waals surface area contributed by atoms with Gasteiger partial charge in [-0.15, -0.1) is 0 Å². The van der Waals surface area contributed by atoms with E-state index in [1.54, 1.807) is 0 Å². The first kappa shape index (κ1) is 22.9. The average molecular weight is 436 g/mol. The van der Waals surface area contributed by atoms with Crippen LogP contribution in [0.2, 0.25) is 0 Å².